The lowest BCUT2D eigenvalue weighted by Gasteiger charge is -2.35. The molecule has 3 rings (SSSR count). The second-order valence-electron chi connectivity index (χ2n) is 11.2. The highest BCUT2D eigenvalue weighted by Crippen LogP contribution is 2.24. The Morgan fingerprint density at radius 2 is 1.81 bits per heavy atom. The van der Waals surface area contributed by atoms with E-state index in [0.29, 0.717) is 25.8 Å². The molecule has 42 heavy (non-hydrogen) atoms. The van der Waals surface area contributed by atoms with Crippen molar-refractivity contribution < 1.29 is 23.9 Å². The molecule has 226 valence electrons. The maximum absolute atomic E-state index is 13.2. The molecule has 0 radical (unpaired) electrons. The zero-order valence-electron chi connectivity index (χ0n) is 25.2. The van der Waals surface area contributed by atoms with E-state index in [-0.39, 0.29) is 23.7 Å². The Labute approximate surface area is 247 Å². The monoisotopic (exact) mass is 577 g/mol. The fourth-order valence-electron chi connectivity index (χ4n) is 4.77. The van der Waals surface area contributed by atoms with E-state index < -0.39 is 36.1 Å². The summed E-state index contributed by atoms with van der Waals surface area (Å²) in [5.41, 5.74) is 4.58. The van der Waals surface area contributed by atoms with Gasteiger partial charge in [0.25, 0.3) is 5.91 Å². The fraction of sp³-hybridized carbons (Fsp3) is 0.469. The number of fused-ring (bicyclic) bond motifs is 1. The van der Waals surface area contributed by atoms with Crippen molar-refractivity contribution in [1.82, 2.24) is 26.1 Å². The van der Waals surface area contributed by atoms with Gasteiger partial charge in [-0.05, 0) is 68.2 Å². The number of allylic oxidation sites excluding steroid dienone is 1. The number of pyridine rings is 1. The largest absolute Gasteiger partial charge is 0.457 e. The number of rotatable bonds is 12. The fourth-order valence-corrected chi connectivity index (χ4v) is 4.77. The van der Waals surface area contributed by atoms with Gasteiger partial charge in [0.1, 0.15) is 24.2 Å². The highest BCUT2D eigenvalue weighted by atomic mass is 16.5. The third-order valence-corrected chi connectivity index (χ3v) is 7.42. The average molecular weight is 578 g/mol. The molecule has 1 fully saturated rings. The number of hydrogen-bond donors (Lipinski definition) is 3. The minimum Gasteiger partial charge on any atom is -0.457 e. The van der Waals surface area contributed by atoms with Gasteiger partial charge in [0.05, 0.1) is 5.69 Å². The molecule has 0 unspecified atom stereocenters. The van der Waals surface area contributed by atoms with Crippen molar-refractivity contribution in [3.8, 4) is 0 Å². The van der Waals surface area contributed by atoms with Gasteiger partial charge < -0.3 is 15.4 Å². The maximum Gasteiger partial charge on any atom is 0.325 e. The Bertz CT molecular complexity index is 1330. The lowest BCUT2D eigenvalue weighted by atomic mass is 10.0. The zero-order valence-corrected chi connectivity index (χ0v) is 25.2. The van der Waals surface area contributed by atoms with Crippen LogP contribution in [0, 0.1) is 11.8 Å². The van der Waals surface area contributed by atoms with Gasteiger partial charge in [-0.15, -0.1) is 6.58 Å². The number of hydrogen-bond acceptors (Lipinski definition) is 7. The van der Waals surface area contributed by atoms with Crippen LogP contribution in [0.4, 0.5) is 0 Å². The smallest absolute Gasteiger partial charge is 0.325 e. The molecule has 3 amide bonds. The van der Waals surface area contributed by atoms with E-state index in [1.807, 2.05) is 38.1 Å². The first-order valence-electron chi connectivity index (χ1n) is 14.5. The second-order valence-corrected chi connectivity index (χ2v) is 11.2. The molecule has 1 aliphatic heterocycles. The molecule has 3 N–H and O–H groups in total. The van der Waals surface area contributed by atoms with Crippen molar-refractivity contribution in [1.29, 1.82) is 0 Å². The first kappa shape index (κ1) is 32.5. The molecule has 1 aromatic heterocycles. The molecule has 2 aromatic rings. The maximum atomic E-state index is 13.2. The summed E-state index contributed by atoms with van der Waals surface area (Å²) < 4.78 is 5.77. The van der Waals surface area contributed by atoms with Crippen LogP contribution in [0.5, 0.6) is 0 Å². The Morgan fingerprint density at radius 1 is 1.07 bits per heavy atom. The summed E-state index contributed by atoms with van der Waals surface area (Å²) >= 11 is 0. The van der Waals surface area contributed by atoms with Gasteiger partial charge in [0.2, 0.25) is 11.8 Å². The van der Waals surface area contributed by atoms with Crippen LogP contribution in [0.1, 0.15) is 71.2 Å². The van der Waals surface area contributed by atoms with Crippen LogP contribution in [-0.2, 0) is 23.9 Å². The number of nitrogens with zero attached hydrogens (tertiary/aromatic N) is 2. The number of carbonyl (C=O) groups excluding carboxylic acids is 4. The van der Waals surface area contributed by atoms with Gasteiger partial charge >= 0.3 is 5.97 Å². The molecule has 2 heterocycles. The standard InChI is InChI=1S/C32H43N5O5/c1-8-11-20(5)29(38)35-28(19(3)4)30(39)34-21(6)31(40)37-15-10-12-27(36-37)32(41)42-22(7)23-13-14-24-18-33-26(9-2)17-25(24)16-23/h8-9,13-14,16-22,27-28,36H,1-2,10-12,15H2,3-7H3,(H,34,39)(H,35,38)/t20-,21+,22-,27+,28+/m1/s1. The summed E-state index contributed by atoms with van der Waals surface area (Å²) in [6, 6.07) is 5.33. The minimum atomic E-state index is -0.880. The van der Waals surface area contributed by atoms with Gasteiger partial charge in [0.15, 0.2) is 0 Å². The molecule has 0 aliphatic carbocycles. The molecule has 0 saturated carbocycles. The Hall–Kier alpha value is -4.05. The highest BCUT2D eigenvalue weighted by Gasteiger charge is 2.34. The van der Waals surface area contributed by atoms with Gasteiger partial charge in [-0.1, -0.05) is 45.6 Å². The molecule has 0 bridgehead atoms. The van der Waals surface area contributed by atoms with Crippen molar-refractivity contribution in [2.75, 3.05) is 6.54 Å². The van der Waals surface area contributed by atoms with Crippen LogP contribution in [0.15, 0.2) is 49.7 Å². The third kappa shape index (κ3) is 8.25. The quantitative estimate of drug-likeness (QED) is 0.258. The Kier molecular flexibility index (Phi) is 11.4. The first-order valence-corrected chi connectivity index (χ1v) is 14.5. The van der Waals surface area contributed by atoms with Crippen molar-refractivity contribution in [2.45, 2.75) is 78.1 Å². The van der Waals surface area contributed by atoms with Crippen molar-refractivity contribution in [3.63, 3.8) is 0 Å². The Balaban J connectivity index is 1.59. The summed E-state index contributed by atoms with van der Waals surface area (Å²) in [5, 5.41) is 8.81. The van der Waals surface area contributed by atoms with E-state index in [2.05, 4.69) is 34.2 Å². The van der Waals surface area contributed by atoms with Crippen LogP contribution in [0.2, 0.25) is 0 Å². The lowest BCUT2D eigenvalue weighted by molar-refractivity contribution is -0.157. The van der Waals surface area contributed by atoms with Crippen molar-refractivity contribution in [2.24, 2.45) is 11.8 Å². The first-order chi connectivity index (χ1) is 19.9. The predicted molar refractivity (Wildman–Crippen MR) is 163 cm³/mol. The minimum absolute atomic E-state index is 0.190. The Morgan fingerprint density at radius 3 is 2.48 bits per heavy atom. The highest BCUT2D eigenvalue weighted by molar-refractivity contribution is 5.92. The second kappa shape index (κ2) is 14.7. The molecule has 5 atom stereocenters. The van der Waals surface area contributed by atoms with E-state index in [4.69, 9.17) is 4.74 Å². The number of aromatic nitrogens is 1. The third-order valence-electron chi connectivity index (χ3n) is 7.42. The number of amides is 3. The van der Waals surface area contributed by atoms with Crippen LogP contribution >= 0.6 is 0 Å². The topological polar surface area (TPSA) is 130 Å². The number of esters is 1. The molecule has 1 saturated heterocycles. The zero-order chi connectivity index (χ0) is 31.0. The van der Waals surface area contributed by atoms with Crippen molar-refractivity contribution in [3.05, 3.63) is 61.0 Å². The molecule has 1 aliphatic rings. The van der Waals surface area contributed by atoms with Gasteiger partial charge in [-0.2, -0.15) is 0 Å². The van der Waals surface area contributed by atoms with E-state index in [0.717, 1.165) is 22.0 Å². The van der Waals surface area contributed by atoms with Gasteiger partial charge in [-0.25, -0.2) is 5.43 Å². The number of carbonyl (C=O) groups is 4. The van der Waals surface area contributed by atoms with E-state index in [1.165, 1.54) is 5.01 Å². The number of benzene rings is 1. The summed E-state index contributed by atoms with van der Waals surface area (Å²) in [7, 11) is 0. The molecule has 1 aromatic carbocycles. The van der Waals surface area contributed by atoms with Crippen LogP contribution in [0.3, 0.4) is 0 Å². The van der Waals surface area contributed by atoms with Crippen LogP contribution in [0.25, 0.3) is 16.8 Å². The summed E-state index contributed by atoms with van der Waals surface area (Å²) in [6.07, 6.45) is 6.19. The van der Waals surface area contributed by atoms with E-state index >= 15 is 0 Å². The number of ether oxygens (including phenoxy) is 1. The number of hydrazine groups is 1. The van der Waals surface area contributed by atoms with E-state index in [1.54, 1.807) is 39.1 Å². The van der Waals surface area contributed by atoms with Crippen LogP contribution < -0.4 is 16.1 Å². The van der Waals surface area contributed by atoms with Gasteiger partial charge in [-0.3, -0.25) is 29.2 Å². The molecular formula is C32H43N5O5. The predicted octanol–water partition coefficient (Wildman–Crippen LogP) is 3.84. The van der Waals surface area contributed by atoms with Crippen LogP contribution in [-0.4, -0.2) is 58.4 Å². The van der Waals surface area contributed by atoms with Gasteiger partial charge in [0, 0.05) is 24.0 Å². The summed E-state index contributed by atoms with van der Waals surface area (Å²) in [4.78, 5) is 56.1. The summed E-state index contributed by atoms with van der Waals surface area (Å²) in [6.45, 7) is 16.6. The number of nitrogens with one attached hydrogen (secondary N) is 3. The van der Waals surface area contributed by atoms with Crippen molar-refractivity contribution >= 4 is 40.5 Å². The summed E-state index contributed by atoms with van der Waals surface area (Å²) in [5.74, 6) is -2.06. The molecular weight excluding hydrogens is 534 g/mol. The normalized spacial score (nSPS) is 18.0. The molecule has 10 heteroatoms. The SMILES string of the molecule is C=CC[C@@H](C)C(=O)N[C@H](C(=O)N[C@@H](C)C(=O)N1CCC[C@@H](C(=O)O[C@H](C)c2ccc3cnc(C=C)cc3c2)N1)C(C)C. The van der Waals surface area contributed by atoms with E-state index in [9.17, 15) is 19.2 Å². The average Bonchev–Trinajstić information content (AvgIpc) is 2.98. The lowest BCUT2D eigenvalue weighted by Crippen LogP contribution is -2.61. The molecule has 0 spiro atoms. The molecule has 10 nitrogen and oxygen atoms in total.